The normalized spacial score (nSPS) is 17.1. The van der Waals surface area contributed by atoms with Gasteiger partial charge in [0.2, 0.25) is 0 Å². The van der Waals surface area contributed by atoms with E-state index in [2.05, 4.69) is 16.3 Å². The number of anilines is 1. The number of ether oxygens (including phenoxy) is 2. The molecule has 3 heterocycles. The van der Waals surface area contributed by atoms with Gasteiger partial charge >= 0.3 is 11.9 Å². The summed E-state index contributed by atoms with van der Waals surface area (Å²) in [7, 11) is 0. The van der Waals surface area contributed by atoms with Gasteiger partial charge in [0.1, 0.15) is 5.82 Å². The molecule has 2 aliphatic heterocycles. The first kappa shape index (κ1) is 23.8. The Morgan fingerprint density at radius 1 is 0.971 bits per heavy atom. The topological polar surface area (TPSA) is 80.8 Å². The van der Waals surface area contributed by atoms with Crippen molar-refractivity contribution < 1.29 is 19.1 Å². The lowest BCUT2D eigenvalue weighted by molar-refractivity contribution is -0.139. The van der Waals surface area contributed by atoms with Crippen molar-refractivity contribution in [2.45, 2.75) is 52.9 Å². The van der Waals surface area contributed by atoms with Crippen LogP contribution in [0.5, 0.6) is 0 Å². The summed E-state index contributed by atoms with van der Waals surface area (Å²) in [5.41, 5.74) is 3.90. The van der Waals surface area contributed by atoms with Crippen LogP contribution in [-0.4, -0.2) is 43.2 Å². The molecule has 0 radical (unpaired) electrons. The minimum atomic E-state index is -0.645. The smallest absolute Gasteiger partial charge is 0.336 e. The summed E-state index contributed by atoms with van der Waals surface area (Å²) >= 11 is 0. The Kier molecular flexibility index (Phi) is 7.20. The molecule has 4 rings (SSSR count). The van der Waals surface area contributed by atoms with Gasteiger partial charge in [-0.3, -0.25) is 0 Å². The molecule has 7 heteroatoms. The van der Waals surface area contributed by atoms with E-state index in [-0.39, 0.29) is 13.2 Å². The molecule has 0 atom stereocenters. The summed E-state index contributed by atoms with van der Waals surface area (Å²) in [5.74, 6) is -0.711. The summed E-state index contributed by atoms with van der Waals surface area (Å²) < 4.78 is 10.9. The SMILES string of the molecule is CCOC(=O)C1=C(C)NC(C)=C(C(=O)OCC)C1c1cc2ccccc2nc1N1CCCCC1. The Labute approximate surface area is 200 Å². The fourth-order valence-electron chi connectivity index (χ4n) is 4.96. The van der Waals surface area contributed by atoms with Crippen LogP contribution in [0.2, 0.25) is 0 Å². The van der Waals surface area contributed by atoms with Crippen molar-refractivity contribution in [1.82, 2.24) is 10.3 Å². The highest BCUT2D eigenvalue weighted by molar-refractivity contribution is 6.01. The number of benzene rings is 1. The maximum Gasteiger partial charge on any atom is 0.336 e. The van der Waals surface area contributed by atoms with Crippen molar-refractivity contribution in [3.63, 3.8) is 0 Å². The minimum absolute atomic E-state index is 0.245. The summed E-state index contributed by atoms with van der Waals surface area (Å²) in [5, 5.41) is 4.17. The highest BCUT2D eigenvalue weighted by Gasteiger charge is 2.40. The molecule has 34 heavy (non-hydrogen) atoms. The third-order valence-corrected chi connectivity index (χ3v) is 6.45. The zero-order valence-corrected chi connectivity index (χ0v) is 20.4. The van der Waals surface area contributed by atoms with Gasteiger partial charge in [-0.05, 0) is 59.1 Å². The minimum Gasteiger partial charge on any atom is -0.463 e. The zero-order chi connectivity index (χ0) is 24.2. The van der Waals surface area contributed by atoms with Crippen LogP contribution in [0.1, 0.15) is 58.4 Å². The molecule has 0 saturated carbocycles. The van der Waals surface area contributed by atoms with Gasteiger partial charge < -0.3 is 19.7 Å². The monoisotopic (exact) mass is 463 g/mol. The Bertz CT molecular complexity index is 1120. The van der Waals surface area contributed by atoms with Gasteiger partial charge in [-0.1, -0.05) is 18.2 Å². The molecule has 0 bridgehead atoms. The molecule has 1 N–H and O–H groups in total. The molecule has 180 valence electrons. The Hall–Kier alpha value is -3.35. The lowest BCUT2D eigenvalue weighted by Gasteiger charge is -2.35. The van der Waals surface area contributed by atoms with Crippen LogP contribution in [0.15, 0.2) is 52.9 Å². The fourth-order valence-corrected chi connectivity index (χ4v) is 4.96. The second-order valence-electron chi connectivity index (χ2n) is 8.72. The zero-order valence-electron chi connectivity index (χ0n) is 20.4. The summed E-state index contributed by atoms with van der Waals surface area (Å²) in [6.45, 7) is 9.52. The number of fused-ring (bicyclic) bond motifs is 1. The predicted octanol–water partition coefficient (Wildman–Crippen LogP) is 4.59. The number of nitrogens with one attached hydrogen (secondary N) is 1. The van der Waals surface area contributed by atoms with Gasteiger partial charge in [0, 0.05) is 35.4 Å². The quantitative estimate of drug-likeness (QED) is 0.628. The number of pyridine rings is 1. The van der Waals surface area contributed by atoms with Crippen LogP contribution in [-0.2, 0) is 19.1 Å². The van der Waals surface area contributed by atoms with Crippen LogP contribution < -0.4 is 10.2 Å². The van der Waals surface area contributed by atoms with E-state index in [4.69, 9.17) is 14.5 Å². The van der Waals surface area contributed by atoms with E-state index in [9.17, 15) is 9.59 Å². The summed E-state index contributed by atoms with van der Waals surface area (Å²) in [6.07, 6.45) is 3.35. The van der Waals surface area contributed by atoms with Crippen LogP contribution in [0.3, 0.4) is 0 Å². The first-order chi connectivity index (χ1) is 16.5. The van der Waals surface area contributed by atoms with Gasteiger partial charge in [0.15, 0.2) is 0 Å². The van der Waals surface area contributed by atoms with Crippen molar-refractivity contribution >= 4 is 28.7 Å². The van der Waals surface area contributed by atoms with Gasteiger partial charge in [-0.25, -0.2) is 14.6 Å². The number of hydrogen-bond donors (Lipinski definition) is 1. The molecule has 0 spiro atoms. The molecule has 2 aromatic rings. The van der Waals surface area contributed by atoms with Crippen molar-refractivity contribution in [3.8, 4) is 0 Å². The van der Waals surface area contributed by atoms with Crippen LogP contribution in [0.25, 0.3) is 10.9 Å². The maximum absolute atomic E-state index is 13.2. The van der Waals surface area contributed by atoms with Crippen molar-refractivity contribution in [2.75, 3.05) is 31.2 Å². The molecule has 2 aliphatic rings. The predicted molar refractivity (Wildman–Crippen MR) is 132 cm³/mol. The number of carbonyl (C=O) groups excluding carboxylic acids is 2. The molecule has 1 fully saturated rings. The Balaban J connectivity index is 1.99. The molecule has 0 aliphatic carbocycles. The fraction of sp³-hybridized carbons (Fsp3) is 0.444. The number of hydrogen-bond acceptors (Lipinski definition) is 7. The van der Waals surface area contributed by atoms with Crippen molar-refractivity contribution in [3.05, 3.63) is 58.4 Å². The Morgan fingerprint density at radius 2 is 1.56 bits per heavy atom. The van der Waals surface area contributed by atoms with Crippen LogP contribution in [0, 0.1) is 0 Å². The molecule has 1 aromatic heterocycles. The van der Waals surface area contributed by atoms with Gasteiger partial charge in [0.05, 0.1) is 35.8 Å². The van der Waals surface area contributed by atoms with Crippen molar-refractivity contribution in [1.29, 1.82) is 0 Å². The number of carbonyl (C=O) groups is 2. The number of piperidine rings is 1. The van der Waals surface area contributed by atoms with Gasteiger partial charge in [-0.15, -0.1) is 0 Å². The van der Waals surface area contributed by atoms with E-state index in [1.807, 2.05) is 38.1 Å². The molecular formula is C27H33N3O4. The van der Waals surface area contributed by atoms with E-state index in [1.54, 1.807) is 13.8 Å². The number of rotatable bonds is 6. The first-order valence-corrected chi connectivity index (χ1v) is 12.1. The lowest BCUT2D eigenvalue weighted by Crippen LogP contribution is -2.35. The molecule has 1 saturated heterocycles. The summed E-state index contributed by atoms with van der Waals surface area (Å²) in [6, 6.07) is 10.0. The second-order valence-corrected chi connectivity index (χ2v) is 8.72. The Morgan fingerprint density at radius 3 is 2.15 bits per heavy atom. The van der Waals surface area contributed by atoms with E-state index < -0.39 is 17.9 Å². The number of allylic oxidation sites excluding steroid dienone is 2. The summed E-state index contributed by atoms with van der Waals surface area (Å²) in [4.78, 5) is 33.8. The number of dihydropyridines is 1. The average molecular weight is 464 g/mol. The lowest BCUT2D eigenvalue weighted by atomic mass is 9.79. The molecular weight excluding hydrogens is 430 g/mol. The first-order valence-electron chi connectivity index (χ1n) is 12.1. The number of esters is 2. The van der Waals surface area contributed by atoms with Crippen LogP contribution in [0.4, 0.5) is 5.82 Å². The van der Waals surface area contributed by atoms with Crippen molar-refractivity contribution in [2.24, 2.45) is 0 Å². The third-order valence-electron chi connectivity index (χ3n) is 6.45. The second kappa shape index (κ2) is 10.3. The van der Waals surface area contributed by atoms with E-state index in [0.29, 0.717) is 22.5 Å². The van der Waals surface area contributed by atoms with E-state index >= 15 is 0 Å². The maximum atomic E-state index is 13.2. The van der Waals surface area contributed by atoms with Gasteiger partial charge in [0.25, 0.3) is 0 Å². The average Bonchev–Trinajstić information content (AvgIpc) is 2.83. The number of nitrogens with zero attached hydrogens (tertiary/aromatic N) is 2. The largest absolute Gasteiger partial charge is 0.463 e. The third kappa shape index (κ3) is 4.52. The molecule has 7 nitrogen and oxygen atoms in total. The number of para-hydroxylation sites is 1. The number of aromatic nitrogens is 1. The van der Waals surface area contributed by atoms with Gasteiger partial charge in [-0.2, -0.15) is 0 Å². The standard InChI is InChI=1S/C27H33N3O4/c1-5-33-26(31)22-17(3)28-18(4)23(27(32)34-6-2)24(22)20-16-19-12-8-9-13-21(19)29-25(20)30-14-10-7-11-15-30/h8-9,12-13,16,24,28H,5-7,10-11,14-15H2,1-4H3. The molecule has 0 unspecified atom stereocenters. The van der Waals surface area contributed by atoms with Crippen LogP contribution >= 0.6 is 0 Å². The molecule has 0 amide bonds. The van der Waals surface area contributed by atoms with E-state index in [1.165, 1.54) is 6.42 Å². The van der Waals surface area contributed by atoms with E-state index in [0.717, 1.165) is 48.2 Å². The highest BCUT2D eigenvalue weighted by Crippen LogP contribution is 2.43. The highest BCUT2D eigenvalue weighted by atomic mass is 16.5. The molecule has 1 aromatic carbocycles.